The van der Waals surface area contributed by atoms with Crippen LogP contribution in [0.1, 0.15) is 41.6 Å². The van der Waals surface area contributed by atoms with Crippen molar-refractivity contribution in [3.63, 3.8) is 0 Å². The van der Waals surface area contributed by atoms with Crippen molar-refractivity contribution >= 4 is 86.6 Å². The SMILES string of the molecule is COc1cc(C2C3=CCC4C(=O)N(c5ccc(C(C)=O)cc5)C(=O)C4C3CC3(Cl)C(=O)N(c4ccc(F)cc4)C(=O)C23Cl)cc(I)c1O. The number of allylic oxidation sites excluding steroid dienone is 2. The van der Waals surface area contributed by atoms with Crippen molar-refractivity contribution in [2.75, 3.05) is 16.9 Å². The van der Waals surface area contributed by atoms with Crippen LogP contribution in [-0.2, 0) is 19.2 Å². The van der Waals surface area contributed by atoms with Crippen LogP contribution < -0.4 is 14.5 Å². The number of Topliss-reactive ketones (excluding diaryl/α,β-unsaturated/α-hetero) is 1. The number of alkyl halides is 2. The molecule has 1 saturated carbocycles. The summed E-state index contributed by atoms with van der Waals surface area (Å²) in [5.74, 6) is -7.00. The van der Waals surface area contributed by atoms with Crippen LogP contribution in [0.4, 0.5) is 15.8 Å². The third-order valence-corrected chi connectivity index (χ3v) is 12.3. The number of phenols is 1. The predicted molar refractivity (Wildman–Crippen MR) is 183 cm³/mol. The van der Waals surface area contributed by atoms with E-state index >= 15 is 0 Å². The molecule has 3 aromatic carbocycles. The Labute approximate surface area is 297 Å². The molecule has 4 amide bonds. The molecule has 7 rings (SSSR count). The molecule has 48 heavy (non-hydrogen) atoms. The van der Waals surface area contributed by atoms with Crippen molar-refractivity contribution in [1.82, 2.24) is 0 Å². The Morgan fingerprint density at radius 3 is 2.19 bits per heavy atom. The van der Waals surface area contributed by atoms with E-state index in [2.05, 4.69) is 0 Å². The molecule has 3 fully saturated rings. The molecule has 0 radical (unpaired) electrons. The Morgan fingerprint density at radius 1 is 0.938 bits per heavy atom. The number of halogens is 4. The van der Waals surface area contributed by atoms with Crippen molar-refractivity contribution in [2.24, 2.45) is 17.8 Å². The molecule has 0 bridgehead atoms. The fourth-order valence-electron chi connectivity index (χ4n) is 7.79. The maximum atomic E-state index is 14.5. The fourth-order valence-corrected chi connectivity index (χ4v) is 9.35. The molecular weight excluding hydrogens is 777 g/mol. The zero-order valence-corrected chi connectivity index (χ0v) is 29.0. The molecule has 3 aromatic rings. The monoisotopic (exact) mass is 802 g/mol. The van der Waals surface area contributed by atoms with Crippen LogP contribution >= 0.6 is 45.8 Å². The molecule has 0 spiro atoms. The lowest BCUT2D eigenvalue weighted by molar-refractivity contribution is -0.125. The third kappa shape index (κ3) is 4.42. The summed E-state index contributed by atoms with van der Waals surface area (Å²) in [6, 6.07) is 14.1. The number of anilines is 2. The van der Waals surface area contributed by atoms with Gasteiger partial charge in [-0.3, -0.25) is 28.9 Å². The zero-order chi connectivity index (χ0) is 34.4. The van der Waals surface area contributed by atoms with Crippen molar-refractivity contribution in [1.29, 1.82) is 0 Å². The molecule has 4 aliphatic rings. The average Bonchev–Trinajstić information content (AvgIpc) is 3.40. The Hall–Kier alpha value is -3.81. The number of imide groups is 2. The lowest BCUT2D eigenvalue weighted by atomic mass is 9.56. The first-order chi connectivity index (χ1) is 22.7. The van der Waals surface area contributed by atoms with E-state index in [-0.39, 0.29) is 35.8 Å². The molecule has 0 aromatic heterocycles. The molecule has 2 aliphatic heterocycles. The molecule has 246 valence electrons. The number of amides is 4. The summed E-state index contributed by atoms with van der Waals surface area (Å²) in [7, 11) is 1.37. The molecule has 13 heteroatoms. The fraction of sp³-hybridized carbons (Fsp3) is 0.286. The number of benzene rings is 3. The maximum absolute atomic E-state index is 14.5. The minimum atomic E-state index is -2.13. The second kappa shape index (κ2) is 11.4. The van der Waals surface area contributed by atoms with Gasteiger partial charge in [0, 0.05) is 11.5 Å². The van der Waals surface area contributed by atoms with E-state index in [4.69, 9.17) is 27.9 Å². The summed E-state index contributed by atoms with van der Waals surface area (Å²) in [6.45, 7) is 1.41. The minimum Gasteiger partial charge on any atom is -0.504 e. The van der Waals surface area contributed by atoms with E-state index in [9.17, 15) is 33.5 Å². The predicted octanol–water partition coefficient (Wildman–Crippen LogP) is 6.12. The van der Waals surface area contributed by atoms with E-state index in [1.807, 2.05) is 22.6 Å². The lowest BCUT2D eigenvalue weighted by Gasteiger charge is -2.50. The number of carbonyl (C=O) groups excluding carboxylic acids is 5. The van der Waals surface area contributed by atoms with Gasteiger partial charge in [-0.15, -0.1) is 23.2 Å². The van der Waals surface area contributed by atoms with E-state index in [1.165, 1.54) is 32.2 Å². The number of hydrogen-bond acceptors (Lipinski definition) is 7. The van der Waals surface area contributed by atoms with Crippen LogP contribution in [-0.4, -0.2) is 51.4 Å². The smallest absolute Gasteiger partial charge is 0.258 e. The first kappa shape index (κ1) is 32.7. The average molecular weight is 803 g/mol. The summed E-state index contributed by atoms with van der Waals surface area (Å²) in [4.78, 5) is 66.6. The van der Waals surface area contributed by atoms with Crippen LogP contribution in [0.15, 0.2) is 72.3 Å². The standard InChI is InChI=1S/C35H26Cl2FIN2O7/c1-16(42)17-3-7-20(8-4-17)40-30(44)23-12-11-22-24(27(23)31(40)45)15-34(36)32(46)41(21-9-5-19(38)6-10-21)33(47)35(34,37)28(22)18-13-25(39)29(43)26(14-18)48-2/h3-11,13-14,23-24,27-28,43H,12,15H2,1-2H3. The van der Waals surface area contributed by atoms with Crippen molar-refractivity contribution in [3.8, 4) is 11.5 Å². The summed E-state index contributed by atoms with van der Waals surface area (Å²) in [6.07, 6.45) is 1.71. The Morgan fingerprint density at radius 2 is 1.56 bits per heavy atom. The summed E-state index contributed by atoms with van der Waals surface area (Å²) in [5.41, 5.74) is 1.76. The largest absolute Gasteiger partial charge is 0.504 e. The number of nitrogens with zero attached hydrogens (tertiary/aromatic N) is 2. The number of aromatic hydroxyl groups is 1. The number of hydrogen-bond donors (Lipinski definition) is 1. The van der Waals surface area contributed by atoms with Gasteiger partial charge < -0.3 is 9.84 Å². The van der Waals surface area contributed by atoms with Crippen LogP contribution in [0.5, 0.6) is 11.5 Å². The summed E-state index contributed by atoms with van der Waals surface area (Å²) < 4.78 is 19.7. The van der Waals surface area contributed by atoms with E-state index in [1.54, 1.807) is 36.4 Å². The number of methoxy groups -OCH3 is 1. The number of ketones is 1. The Balaban J connectivity index is 1.39. The van der Waals surface area contributed by atoms with Crippen LogP contribution in [0.2, 0.25) is 0 Å². The molecule has 2 heterocycles. The quantitative estimate of drug-likeness (QED) is 0.109. The number of rotatable bonds is 5. The molecule has 9 nitrogen and oxygen atoms in total. The first-order valence-electron chi connectivity index (χ1n) is 15.0. The van der Waals surface area contributed by atoms with E-state index in [0.717, 1.165) is 21.9 Å². The van der Waals surface area contributed by atoms with Gasteiger partial charge in [-0.25, -0.2) is 9.29 Å². The number of phenolic OH excluding ortho intramolecular Hbond substituents is 1. The van der Waals surface area contributed by atoms with Gasteiger partial charge in [0.1, 0.15) is 5.82 Å². The minimum absolute atomic E-state index is 0.0691. The summed E-state index contributed by atoms with van der Waals surface area (Å²) >= 11 is 16.7. The highest BCUT2D eigenvalue weighted by Gasteiger charge is 2.76. The van der Waals surface area contributed by atoms with E-state index in [0.29, 0.717) is 26.0 Å². The maximum Gasteiger partial charge on any atom is 0.258 e. The molecule has 1 N–H and O–H groups in total. The van der Waals surface area contributed by atoms with Gasteiger partial charge in [0.2, 0.25) is 11.8 Å². The topological polar surface area (TPSA) is 121 Å². The first-order valence-corrected chi connectivity index (χ1v) is 16.9. The van der Waals surface area contributed by atoms with Gasteiger partial charge >= 0.3 is 0 Å². The highest BCUT2D eigenvalue weighted by Crippen LogP contribution is 2.66. The highest BCUT2D eigenvalue weighted by atomic mass is 127. The van der Waals surface area contributed by atoms with Gasteiger partial charge in [-0.2, -0.15) is 0 Å². The third-order valence-electron chi connectivity index (χ3n) is 10.0. The zero-order valence-electron chi connectivity index (χ0n) is 25.4. The Bertz CT molecular complexity index is 1990. The molecule has 2 aliphatic carbocycles. The van der Waals surface area contributed by atoms with Gasteiger partial charge in [-0.05, 0) is 115 Å². The Kier molecular flexibility index (Phi) is 7.76. The van der Waals surface area contributed by atoms with Gasteiger partial charge in [-0.1, -0.05) is 11.6 Å². The normalized spacial score (nSPS) is 29.4. The highest BCUT2D eigenvalue weighted by molar-refractivity contribution is 14.1. The van der Waals surface area contributed by atoms with Gasteiger partial charge in [0.05, 0.1) is 33.9 Å². The van der Waals surface area contributed by atoms with Crippen molar-refractivity contribution < 1.29 is 38.2 Å². The number of fused-ring (bicyclic) bond motifs is 4. The van der Waals surface area contributed by atoms with Gasteiger partial charge in [0.25, 0.3) is 11.8 Å². The molecule has 6 unspecified atom stereocenters. The molecular formula is C35H26Cl2FIN2O7. The van der Waals surface area contributed by atoms with Crippen molar-refractivity contribution in [3.05, 3.63) is 92.8 Å². The second-order valence-electron chi connectivity index (χ2n) is 12.4. The molecule has 6 atom stereocenters. The van der Waals surface area contributed by atoms with Crippen LogP contribution in [0, 0.1) is 27.1 Å². The number of ether oxygens (including phenoxy) is 1. The summed E-state index contributed by atoms with van der Waals surface area (Å²) in [5, 5.41) is 10.7. The van der Waals surface area contributed by atoms with Crippen LogP contribution in [0.25, 0.3) is 0 Å². The van der Waals surface area contributed by atoms with Crippen molar-refractivity contribution in [2.45, 2.75) is 35.4 Å². The van der Waals surface area contributed by atoms with Crippen LogP contribution in [0.3, 0.4) is 0 Å². The second-order valence-corrected chi connectivity index (χ2v) is 14.8. The number of carbonyl (C=O) groups is 5. The van der Waals surface area contributed by atoms with E-state index < -0.39 is 62.9 Å². The molecule has 2 saturated heterocycles. The lowest BCUT2D eigenvalue weighted by Crippen LogP contribution is -2.60. The van der Waals surface area contributed by atoms with Gasteiger partial charge in [0.15, 0.2) is 27.0 Å².